The van der Waals surface area contributed by atoms with Crippen LogP contribution in [0.2, 0.25) is 0 Å². The topological polar surface area (TPSA) is 217 Å². The first-order valence-corrected chi connectivity index (χ1v) is 19.0. The number of aromatic hydroxyl groups is 1. The van der Waals surface area contributed by atoms with Gasteiger partial charge < -0.3 is 50.1 Å². The maximum Gasteiger partial charge on any atom is 0.317 e. The molecule has 6 atom stereocenters. The Hall–Kier alpha value is -4.28. The SMILES string of the molecule is CCCN(C(=O)NCCOCCO)[C@H]1CC(=NOCc2ccc([N+](=O)[O-])cc2)C2=C[C@H](CCCCO)[C@@H](CCCCO)[C@@H]3c4cc(O)ccc4O[C@@]1(O)[C@H]23. The van der Waals surface area contributed by atoms with Crippen molar-refractivity contribution in [2.75, 3.05) is 46.1 Å². The zero-order chi connectivity index (χ0) is 38.7. The second-order valence-corrected chi connectivity index (χ2v) is 14.2. The molecule has 1 aliphatic heterocycles. The molecule has 2 amide bonds. The van der Waals surface area contributed by atoms with E-state index in [1.807, 2.05) is 6.92 Å². The predicted octanol–water partition coefficient (Wildman–Crippen LogP) is 4.35. The molecule has 0 unspecified atom stereocenters. The minimum atomic E-state index is -1.93. The number of nitro groups is 1. The summed E-state index contributed by atoms with van der Waals surface area (Å²) in [6, 6.07) is 9.46. The van der Waals surface area contributed by atoms with Crippen molar-refractivity contribution >= 4 is 17.4 Å². The van der Waals surface area contributed by atoms with Crippen LogP contribution >= 0.6 is 0 Å². The molecule has 15 heteroatoms. The van der Waals surface area contributed by atoms with Gasteiger partial charge in [0.2, 0.25) is 5.79 Å². The van der Waals surface area contributed by atoms with Crippen LogP contribution in [0.15, 0.2) is 59.3 Å². The highest BCUT2D eigenvalue weighted by Crippen LogP contribution is 2.60. The summed E-state index contributed by atoms with van der Waals surface area (Å²) in [6.45, 7) is 2.68. The van der Waals surface area contributed by atoms with Gasteiger partial charge in [-0.15, -0.1) is 0 Å². The number of phenolic OH excluding ortho intramolecular Hbond substituents is 1. The van der Waals surface area contributed by atoms with Crippen LogP contribution in [0.4, 0.5) is 10.5 Å². The molecule has 5 rings (SSSR count). The molecule has 15 nitrogen and oxygen atoms in total. The number of oxime groups is 1. The first kappa shape index (κ1) is 40.9. The van der Waals surface area contributed by atoms with Crippen molar-refractivity contribution in [1.29, 1.82) is 0 Å². The lowest BCUT2D eigenvalue weighted by atomic mass is 9.55. The molecule has 54 heavy (non-hydrogen) atoms. The van der Waals surface area contributed by atoms with E-state index in [1.165, 1.54) is 18.2 Å². The molecule has 6 N–H and O–H groups in total. The highest BCUT2D eigenvalue weighted by molar-refractivity contribution is 6.03. The number of rotatable bonds is 20. The predicted molar refractivity (Wildman–Crippen MR) is 199 cm³/mol. The highest BCUT2D eigenvalue weighted by atomic mass is 16.6. The molecular weight excluding hydrogens is 700 g/mol. The van der Waals surface area contributed by atoms with Crippen molar-refractivity contribution in [1.82, 2.24) is 10.2 Å². The summed E-state index contributed by atoms with van der Waals surface area (Å²) in [5.41, 5.74) is 2.59. The number of unbranched alkanes of at least 4 members (excludes halogenated alkanes) is 2. The second-order valence-electron chi connectivity index (χ2n) is 14.2. The summed E-state index contributed by atoms with van der Waals surface area (Å²) in [6.07, 6.45) is 6.93. The maximum absolute atomic E-state index is 14.0. The minimum absolute atomic E-state index is 0.0156. The number of amides is 2. The van der Waals surface area contributed by atoms with Gasteiger partial charge in [0.05, 0.1) is 36.4 Å². The number of nitrogens with one attached hydrogen (secondary N) is 1. The minimum Gasteiger partial charge on any atom is -0.508 e. The summed E-state index contributed by atoms with van der Waals surface area (Å²) in [4.78, 5) is 32.2. The summed E-state index contributed by atoms with van der Waals surface area (Å²) in [5, 5.41) is 71.1. The number of urea groups is 1. The Morgan fingerprint density at radius 1 is 1.06 bits per heavy atom. The smallest absolute Gasteiger partial charge is 0.317 e. The number of aliphatic hydroxyl groups is 4. The fraction of sp³-hybridized carbons (Fsp3) is 0.590. The van der Waals surface area contributed by atoms with E-state index in [0.717, 1.165) is 30.4 Å². The molecule has 0 saturated heterocycles. The number of carbonyl (C=O) groups excluding carboxylic acids is 1. The Bertz CT molecular complexity index is 1620. The van der Waals surface area contributed by atoms with Crippen LogP contribution < -0.4 is 10.1 Å². The number of carbonyl (C=O) groups is 1. The van der Waals surface area contributed by atoms with E-state index in [4.69, 9.17) is 19.4 Å². The number of non-ortho nitro benzene ring substituents is 1. The summed E-state index contributed by atoms with van der Waals surface area (Å²) in [5.74, 6) is -2.66. The molecule has 0 radical (unpaired) electrons. The third-order valence-corrected chi connectivity index (χ3v) is 10.7. The van der Waals surface area contributed by atoms with Crippen molar-refractivity contribution < 1.29 is 49.6 Å². The van der Waals surface area contributed by atoms with E-state index in [2.05, 4.69) is 16.5 Å². The average molecular weight is 755 g/mol. The Labute approximate surface area is 315 Å². The Balaban J connectivity index is 1.61. The van der Waals surface area contributed by atoms with Crippen LogP contribution in [-0.4, -0.2) is 105 Å². The fourth-order valence-corrected chi connectivity index (χ4v) is 8.32. The van der Waals surface area contributed by atoms with E-state index in [9.17, 15) is 35.3 Å². The van der Waals surface area contributed by atoms with Crippen molar-refractivity contribution in [3.8, 4) is 11.5 Å². The van der Waals surface area contributed by atoms with Crippen molar-refractivity contribution in [2.45, 2.75) is 82.6 Å². The van der Waals surface area contributed by atoms with Gasteiger partial charge in [0, 0.05) is 56.3 Å². The Morgan fingerprint density at radius 3 is 2.48 bits per heavy atom. The molecule has 0 spiro atoms. The van der Waals surface area contributed by atoms with Gasteiger partial charge in [0.15, 0.2) is 0 Å². The quantitative estimate of drug-likeness (QED) is 0.0635. The number of hydrogen-bond acceptors (Lipinski definition) is 12. The maximum atomic E-state index is 14.0. The number of benzene rings is 2. The molecular formula is C39H54N4O11. The summed E-state index contributed by atoms with van der Waals surface area (Å²) < 4.78 is 12.0. The lowest BCUT2D eigenvalue weighted by Crippen LogP contribution is -2.69. The zero-order valence-electron chi connectivity index (χ0n) is 30.8. The lowest BCUT2D eigenvalue weighted by molar-refractivity contribution is -0.384. The second kappa shape index (κ2) is 19.4. The number of nitro benzene ring substituents is 1. The van der Waals surface area contributed by atoms with Crippen molar-refractivity contribution in [3.05, 3.63) is 75.4 Å². The third-order valence-electron chi connectivity index (χ3n) is 10.7. The molecule has 1 heterocycles. The van der Waals surface area contributed by atoms with Gasteiger partial charge in [-0.25, -0.2) is 4.79 Å². The van der Waals surface area contributed by atoms with Crippen LogP contribution in [0.25, 0.3) is 0 Å². The van der Waals surface area contributed by atoms with Crippen LogP contribution in [0.3, 0.4) is 0 Å². The number of allylic oxidation sites excluding steroid dienone is 1. The number of phenols is 1. The molecule has 0 aromatic heterocycles. The molecule has 0 bridgehead atoms. The van der Waals surface area contributed by atoms with Crippen molar-refractivity contribution in [3.63, 3.8) is 0 Å². The highest BCUT2D eigenvalue weighted by Gasteiger charge is 2.64. The van der Waals surface area contributed by atoms with E-state index in [1.54, 1.807) is 29.2 Å². The summed E-state index contributed by atoms with van der Waals surface area (Å²) >= 11 is 0. The number of hydrogen-bond donors (Lipinski definition) is 6. The van der Waals surface area contributed by atoms with Gasteiger partial charge in [0.1, 0.15) is 24.1 Å². The van der Waals surface area contributed by atoms with Gasteiger partial charge in [-0.3, -0.25) is 10.1 Å². The van der Waals surface area contributed by atoms with Crippen molar-refractivity contribution in [2.24, 2.45) is 22.9 Å². The largest absolute Gasteiger partial charge is 0.508 e. The standard InChI is InChI=1S/C39H54N4O11/c1-2-16-42(38(48)40-15-20-52-21-19-46)35-24-33(41-53-25-26-9-11-28(12-10-26)43(50)51)31-22-27(7-3-5-17-44)30(8-4-6-18-45)36-32-23-29(47)13-14-34(32)54-39(35,49)37(31)36/h9-14,22-23,27,30,35-37,44-47,49H,2-8,15-21,24-25H2,1H3,(H,40,48)/t27-,30+,35-,36+,37+,39+/m0/s1. The first-order chi connectivity index (χ1) is 26.2. The molecule has 1 saturated carbocycles. The lowest BCUT2D eigenvalue weighted by Gasteiger charge is -2.58. The molecule has 296 valence electrons. The normalized spacial score (nSPS) is 24.9. The van der Waals surface area contributed by atoms with Gasteiger partial charge >= 0.3 is 6.03 Å². The van der Waals surface area contributed by atoms with E-state index in [-0.39, 0.29) is 88.3 Å². The van der Waals surface area contributed by atoms with Gasteiger partial charge in [0.25, 0.3) is 5.69 Å². The molecule has 3 aliphatic rings. The number of fused-ring (bicyclic) bond motifs is 2. The number of ether oxygens (including phenoxy) is 2. The third kappa shape index (κ3) is 9.32. The van der Waals surface area contributed by atoms with Crippen LogP contribution in [0.5, 0.6) is 11.5 Å². The Kier molecular flexibility index (Phi) is 14.7. The molecule has 2 aliphatic carbocycles. The summed E-state index contributed by atoms with van der Waals surface area (Å²) in [7, 11) is 0. The van der Waals surface area contributed by atoms with Gasteiger partial charge in [-0.2, -0.15) is 0 Å². The molecule has 1 fully saturated rings. The number of aliphatic hydroxyl groups excluding tert-OH is 3. The Morgan fingerprint density at radius 2 is 1.80 bits per heavy atom. The van der Waals surface area contributed by atoms with E-state index in [0.29, 0.717) is 42.7 Å². The van der Waals surface area contributed by atoms with Gasteiger partial charge in [-0.05, 0) is 85.4 Å². The first-order valence-electron chi connectivity index (χ1n) is 19.0. The van der Waals surface area contributed by atoms with Crippen LogP contribution in [0.1, 0.15) is 75.3 Å². The number of nitrogens with zero attached hydrogens (tertiary/aromatic N) is 3. The monoisotopic (exact) mass is 754 g/mol. The molecule has 2 aromatic carbocycles. The molecule has 2 aromatic rings. The van der Waals surface area contributed by atoms with Gasteiger partial charge in [-0.1, -0.05) is 31.0 Å². The fourth-order valence-electron chi connectivity index (χ4n) is 8.32. The van der Waals surface area contributed by atoms with E-state index < -0.39 is 28.7 Å². The zero-order valence-corrected chi connectivity index (χ0v) is 30.8. The van der Waals surface area contributed by atoms with Crippen LogP contribution in [0, 0.1) is 27.9 Å². The van der Waals surface area contributed by atoms with E-state index >= 15 is 0 Å². The average Bonchev–Trinajstić information content (AvgIpc) is 3.16. The van der Waals surface area contributed by atoms with Crippen LogP contribution in [-0.2, 0) is 16.2 Å².